The summed E-state index contributed by atoms with van der Waals surface area (Å²) in [4.78, 5) is 16.4. The summed E-state index contributed by atoms with van der Waals surface area (Å²) < 4.78 is 26.5. The van der Waals surface area contributed by atoms with Gasteiger partial charge in [0.25, 0.3) is 0 Å². The van der Waals surface area contributed by atoms with Crippen LogP contribution in [0.1, 0.15) is 12.8 Å². The molecule has 0 radical (unpaired) electrons. The van der Waals surface area contributed by atoms with Gasteiger partial charge in [-0.15, -0.1) is 11.3 Å². The third-order valence-corrected chi connectivity index (χ3v) is 4.94. The van der Waals surface area contributed by atoms with Gasteiger partial charge >= 0.3 is 0 Å². The molecule has 0 atom stereocenters. The lowest BCUT2D eigenvalue weighted by atomic mass is 10.1. The number of benzene rings is 2. The molecule has 1 aromatic heterocycles. The topological polar surface area (TPSA) is 42.0 Å². The molecule has 1 aliphatic carbocycles. The van der Waals surface area contributed by atoms with Crippen molar-refractivity contribution >= 4 is 22.9 Å². The van der Waals surface area contributed by atoms with Gasteiger partial charge < -0.3 is 5.32 Å². The fraction of sp³-hybridized carbons (Fsp3) is 0.158. The summed E-state index contributed by atoms with van der Waals surface area (Å²) in [5, 5.41) is 5.47. The Morgan fingerprint density at radius 3 is 2.68 bits per heavy atom. The lowest BCUT2D eigenvalue weighted by molar-refractivity contribution is -0.117. The van der Waals surface area contributed by atoms with E-state index < -0.39 is 11.6 Å². The van der Waals surface area contributed by atoms with Crippen LogP contribution in [-0.4, -0.2) is 10.9 Å². The molecule has 4 rings (SSSR count). The predicted octanol–water partition coefficient (Wildman–Crippen LogP) is 5.10. The van der Waals surface area contributed by atoms with Crippen molar-refractivity contribution in [3.8, 4) is 21.8 Å². The van der Waals surface area contributed by atoms with Gasteiger partial charge in [0.15, 0.2) is 11.6 Å². The van der Waals surface area contributed by atoms with E-state index in [2.05, 4.69) is 10.3 Å². The van der Waals surface area contributed by atoms with Crippen LogP contribution in [0.2, 0.25) is 0 Å². The molecular weight excluding hydrogens is 342 g/mol. The average molecular weight is 356 g/mol. The zero-order valence-electron chi connectivity index (χ0n) is 13.1. The third-order valence-electron chi connectivity index (χ3n) is 4.04. The molecule has 0 unspecified atom stereocenters. The van der Waals surface area contributed by atoms with Gasteiger partial charge in [0.2, 0.25) is 5.91 Å². The molecule has 2 aromatic carbocycles. The van der Waals surface area contributed by atoms with Crippen LogP contribution in [0.25, 0.3) is 21.8 Å². The number of anilines is 1. The molecule has 3 aromatic rings. The van der Waals surface area contributed by atoms with Crippen molar-refractivity contribution < 1.29 is 13.6 Å². The van der Waals surface area contributed by atoms with E-state index in [-0.39, 0.29) is 11.8 Å². The number of halogens is 2. The number of nitrogens with zero attached hydrogens (tertiary/aromatic N) is 1. The number of carbonyl (C=O) groups is 1. The number of carbonyl (C=O) groups excluding carboxylic acids is 1. The minimum atomic E-state index is -0.892. The van der Waals surface area contributed by atoms with Gasteiger partial charge in [-0.25, -0.2) is 13.8 Å². The molecule has 1 amide bonds. The lowest BCUT2D eigenvalue weighted by Gasteiger charge is -2.05. The summed E-state index contributed by atoms with van der Waals surface area (Å²) in [7, 11) is 0. The van der Waals surface area contributed by atoms with Crippen LogP contribution in [0.3, 0.4) is 0 Å². The fourth-order valence-corrected chi connectivity index (χ4v) is 3.34. The molecule has 1 N–H and O–H groups in total. The smallest absolute Gasteiger partial charge is 0.227 e. The van der Waals surface area contributed by atoms with Gasteiger partial charge in [0.05, 0.1) is 5.69 Å². The highest BCUT2D eigenvalue weighted by molar-refractivity contribution is 7.13. The Kier molecular flexibility index (Phi) is 4.05. The number of thiazole rings is 1. The molecule has 1 fully saturated rings. The lowest BCUT2D eigenvalue weighted by Crippen LogP contribution is -2.13. The van der Waals surface area contributed by atoms with Crippen molar-refractivity contribution in [1.82, 2.24) is 4.98 Å². The number of amides is 1. The zero-order chi connectivity index (χ0) is 17.4. The predicted molar refractivity (Wildman–Crippen MR) is 94.3 cm³/mol. The summed E-state index contributed by atoms with van der Waals surface area (Å²) in [5.41, 5.74) is 2.72. The van der Waals surface area contributed by atoms with E-state index in [1.165, 1.54) is 17.4 Å². The Balaban J connectivity index is 1.59. The summed E-state index contributed by atoms with van der Waals surface area (Å²) in [6.45, 7) is 0. The van der Waals surface area contributed by atoms with E-state index in [9.17, 15) is 13.6 Å². The number of rotatable bonds is 4. The maximum Gasteiger partial charge on any atom is 0.227 e. The zero-order valence-corrected chi connectivity index (χ0v) is 13.9. The van der Waals surface area contributed by atoms with Crippen molar-refractivity contribution in [2.75, 3.05) is 5.32 Å². The maximum atomic E-state index is 13.4. The van der Waals surface area contributed by atoms with Gasteiger partial charge in [-0.3, -0.25) is 4.79 Å². The SMILES string of the molecule is O=C(Nc1cccc(-c2nc(-c3ccc(F)c(F)c3)cs2)c1)C1CC1. The van der Waals surface area contributed by atoms with E-state index in [1.54, 1.807) is 5.38 Å². The second-order valence-corrected chi connectivity index (χ2v) is 6.87. The molecule has 1 saturated carbocycles. The molecule has 25 heavy (non-hydrogen) atoms. The third kappa shape index (κ3) is 3.44. The van der Waals surface area contributed by atoms with Gasteiger partial charge in [-0.2, -0.15) is 0 Å². The Morgan fingerprint density at radius 2 is 1.92 bits per heavy atom. The van der Waals surface area contributed by atoms with Crippen molar-refractivity contribution in [3.05, 3.63) is 59.5 Å². The molecule has 6 heteroatoms. The van der Waals surface area contributed by atoms with Crippen LogP contribution >= 0.6 is 11.3 Å². The minimum Gasteiger partial charge on any atom is -0.326 e. The Hall–Kier alpha value is -2.60. The molecule has 0 bridgehead atoms. The molecule has 0 aliphatic heterocycles. The van der Waals surface area contributed by atoms with Crippen LogP contribution in [-0.2, 0) is 4.79 Å². The van der Waals surface area contributed by atoms with Crippen LogP contribution in [0, 0.1) is 17.6 Å². The second-order valence-electron chi connectivity index (χ2n) is 6.01. The van der Waals surface area contributed by atoms with Gasteiger partial charge in [-0.1, -0.05) is 12.1 Å². The van der Waals surface area contributed by atoms with Gasteiger partial charge in [0, 0.05) is 28.1 Å². The largest absolute Gasteiger partial charge is 0.326 e. The summed E-state index contributed by atoms with van der Waals surface area (Å²) in [5.74, 6) is -1.57. The molecule has 1 aliphatic rings. The van der Waals surface area contributed by atoms with Crippen molar-refractivity contribution in [1.29, 1.82) is 0 Å². The van der Waals surface area contributed by atoms with Crippen LogP contribution in [0.5, 0.6) is 0 Å². The number of hydrogen-bond acceptors (Lipinski definition) is 3. The number of hydrogen-bond donors (Lipinski definition) is 1. The highest BCUT2D eigenvalue weighted by Crippen LogP contribution is 2.32. The monoisotopic (exact) mass is 356 g/mol. The van der Waals surface area contributed by atoms with E-state index in [1.807, 2.05) is 24.3 Å². The summed E-state index contributed by atoms with van der Waals surface area (Å²) >= 11 is 1.41. The van der Waals surface area contributed by atoms with E-state index in [0.29, 0.717) is 11.3 Å². The van der Waals surface area contributed by atoms with Gasteiger partial charge in [0.1, 0.15) is 5.01 Å². The standard InChI is InChI=1S/C19H14F2N2OS/c20-15-7-6-12(9-16(15)21)17-10-25-19(23-17)13-2-1-3-14(8-13)22-18(24)11-4-5-11/h1-3,6-11H,4-5H2,(H,22,24). The Morgan fingerprint density at radius 1 is 1.08 bits per heavy atom. The highest BCUT2D eigenvalue weighted by atomic mass is 32.1. The highest BCUT2D eigenvalue weighted by Gasteiger charge is 2.29. The molecular formula is C19H14F2N2OS. The van der Waals surface area contributed by atoms with Crippen molar-refractivity contribution in [2.24, 2.45) is 5.92 Å². The van der Waals surface area contributed by atoms with Crippen molar-refractivity contribution in [3.63, 3.8) is 0 Å². The first-order valence-corrected chi connectivity index (χ1v) is 8.80. The molecule has 3 nitrogen and oxygen atoms in total. The van der Waals surface area contributed by atoms with Crippen LogP contribution in [0.15, 0.2) is 47.8 Å². The quantitative estimate of drug-likeness (QED) is 0.706. The summed E-state index contributed by atoms with van der Waals surface area (Å²) in [6.07, 6.45) is 1.91. The molecule has 0 saturated heterocycles. The number of aromatic nitrogens is 1. The van der Waals surface area contributed by atoms with Gasteiger partial charge in [-0.05, 0) is 43.2 Å². The Labute approximate surface area is 147 Å². The number of nitrogens with one attached hydrogen (secondary N) is 1. The first-order valence-electron chi connectivity index (χ1n) is 7.92. The normalized spacial score (nSPS) is 13.7. The minimum absolute atomic E-state index is 0.0544. The second kappa shape index (κ2) is 6.37. The first kappa shape index (κ1) is 15.9. The first-order chi connectivity index (χ1) is 12.1. The molecule has 126 valence electrons. The summed E-state index contributed by atoms with van der Waals surface area (Å²) in [6, 6.07) is 11.2. The average Bonchev–Trinajstić information content (AvgIpc) is 3.35. The Bertz CT molecular complexity index is 950. The van der Waals surface area contributed by atoms with Crippen LogP contribution in [0.4, 0.5) is 14.5 Å². The maximum absolute atomic E-state index is 13.4. The van der Waals surface area contributed by atoms with E-state index in [4.69, 9.17) is 0 Å². The molecule has 0 spiro atoms. The van der Waals surface area contributed by atoms with Crippen LogP contribution < -0.4 is 5.32 Å². The van der Waals surface area contributed by atoms with Crippen molar-refractivity contribution in [2.45, 2.75) is 12.8 Å². The fourth-order valence-electron chi connectivity index (χ4n) is 2.51. The molecule has 1 heterocycles. The van der Waals surface area contributed by atoms with E-state index in [0.717, 1.165) is 41.2 Å². The van der Waals surface area contributed by atoms with E-state index >= 15 is 0 Å².